The summed E-state index contributed by atoms with van der Waals surface area (Å²) in [5.41, 5.74) is 5.05. The Morgan fingerprint density at radius 1 is 1.03 bits per heavy atom. The lowest BCUT2D eigenvalue weighted by Crippen LogP contribution is -2.48. The van der Waals surface area contributed by atoms with Crippen LogP contribution in [0.25, 0.3) is 11.3 Å². The Morgan fingerprint density at radius 3 is 2.58 bits per heavy atom. The molecular weight excluding hydrogens is 388 g/mol. The number of carbonyl (C=O) groups is 1. The summed E-state index contributed by atoms with van der Waals surface area (Å²) in [7, 11) is 0. The molecule has 2 aliphatic rings. The normalized spacial score (nSPS) is 17.8. The van der Waals surface area contributed by atoms with Crippen molar-refractivity contribution >= 4 is 11.8 Å². The second-order valence-corrected chi connectivity index (χ2v) is 8.71. The molecule has 1 N–H and O–H groups in total. The number of nitrogens with zero attached hydrogens (tertiary/aromatic N) is 1. The highest BCUT2D eigenvalue weighted by Gasteiger charge is 2.44. The molecule has 0 unspecified atom stereocenters. The zero-order valence-electron chi connectivity index (χ0n) is 18.1. The van der Waals surface area contributed by atoms with E-state index in [0.717, 1.165) is 67.2 Å². The average Bonchev–Trinajstić information content (AvgIpc) is 3.15. The SMILES string of the molecule is Cc1ccc2c(c1)C1(CCN(CCc3cc(-c4ccccc4)oc3C)CC1)OC(=O)N2. The van der Waals surface area contributed by atoms with Crippen LogP contribution in [0, 0.1) is 13.8 Å². The predicted molar refractivity (Wildman–Crippen MR) is 121 cm³/mol. The van der Waals surface area contributed by atoms with Crippen molar-refractivity contribution in [3.63, 3.8) is 0 Å². The Balaban J connectivity index is 1.25. The van der Waals surface area contributed by atoms with Crippen LogP contribution < -0.4 is 5.32 Å². The number of piperidine rings is 1. The molecule has 0 bridgehead atoms. The summed E-state index contributed by atoms with van der Waals surface area (Å²) >= 11 is 0. The molecule has 1 fully saturated rings. The molecule has 0 saturated carbocycles. The average molecular weight is 417 g/mol. The third-order valence-corrected chi connectivity index (χ3v) is 6.63. The van der Waals surface area contributed by atoms with Gasteiger partial charge in [-0.05, 0) is 44.0 Å². The first kappa shape index (κ1) is 19.9. The van der Waals surface area contributed by atoms with Gasteiger partial charge in [0.1, 0.15) is 17.1 Å². The van der Waals surface area contributed by atoms with E-state index >= 15 is 0 Å². The fourth-order valence-electron chi connectivity index (χ4n) is 4.81. The van der Waals surface area contributed by atoms with Crippen molar-refractivity contribution in [2.45, 2.75) is 38.7 Å². The fourth-order valence-corrected chi connectivity index (χ4v) is 4.81. The Kier molecular flexibility index (Phi) is 5.06. The van der Waals surface area contributed by atoms with E-state index in [4.69, 9.17) is 9.15 Å². The number of benzene rings is 2. The van der Waals surface area contributed by atoms with Gasteiger partial charge in [-0.3, -0.25) is 5.32 Å². The Hall–Kier alpha value is -3.05. The van der Waals surface area contributed by atoms with Gasteiger partial charge in [-0.2, -0.15) is 0 Å². The van der Waals surface area contributed by atoms with Gasteiger partial charge in [0.05, 0.1) is 5.69 Å². The molecule has 160 valence electrons. The van der Waals surface area contributed by atoms with E-state index in [1.807, 2.05) is 37.3 Å². The highest BCUT2D eigenvalue weighted by molar-refractivity contribution is 5.89. The van der Waals surface area contributed by atoms with Gasteiger partial charge in [0, 0.05) is 43.6 Å². The van der Waals surface area contributed by atoms with Crippen LogP contribution in [0.5, 0.6) is 0 Å². The topological polar surface area (TPSA) is 54.7 Å². The molecule has 5 heteroatoms. The second kappa shape index (κ2) is 7.89. The number of hydrogen-bond donors (Lipinski definition) is 1. The van der Waals surface area contributed by atoms with Crippen molar-refractivity contribution in [3.8, 4) is 11.3 Å². The Bertz CT molecular complexity index is 1100. The Morgan fingerprint density at radius 2 is 1.81 bits per heavy atom. The van der Waals surface area contributed by atoms with E-state index in [-0.39, 0.29) is 6.09 Å². The van der Waals surface area contributed by atoms with E-state index in [1.54, 1.807) is 0 Å². The molecule has 1 spiro atoms. The van der Waals surface area contributed by atoms with Crippen molar-refractivity contribution < 1.29 is 13.9 Å². The number of furan rings is 1. The lowest BCUT2D eigenvalue weighted by Gasteiger charge is -2.44. The monoisotopic (exact) mass is 416 g/mol. The highest BCUT2D eigenvalue weighted by atomic mass is 16.6. The number of anilines is 1. The lowest BCUT2D eigenvalue weighted by atomic mass is 9.81. The van der Waals surface area contributed by atoms with Gasteiger partial charge in [-0.25, -0.2) is 4.79 Å². The summed E-state index contributed by atoms with van der Waals surface area (Å²) in [6.45, 7) is 6.90. The van der Waals surface area contributed by atoms with Crippen LogP contribution >= 0.6 is 0 Å². The fraction of sp³-hybridized carbons (Fsp3) is 0.346. The summed E-state index contributed by atoms with van der Waals surface area (Å²) in [6, 6.07) is 18.6. The molecule has 0 aliphatic carbocycles. The number of fused-ring (bicyclic) bond motifs is 2. The zero-order chi connectivity index (χ0) is 21.4. The first-order valence-corrected chi connectivity index (χ1v) is 11.0. The van der Waals surface area contributed by atoms with Gasteiger partial charge < -0.3 is 14.1 Å². The molecule has 3 heterocycles. The first-order chi connectivity index (χ1) is 15.0. The maximum absolute atomic E-state index is 12.2. The number of amides is 1. The van der Waals surface area contributed by atoms with E-state index in [0.29, 0.717) is 0 Å². The van der Waals surface area contributed by atoms with Crippen LogP contribution in [0.2, 0.25) is 0 Å². The molecule has 5 nitrogen and oxygen atoms in total. The standard InChI is InChI=1S/C26H28N2O3/c1-18-8-9-23-22(16-18)26(31-25(29)27-23)11-14-28(15-12-26)13-10-21-17-24(30-19(21)2)20-6-4-3-5-7-20/h3-9,16-17H,10-15H2,1-2H3,(H,27,29). The van der Waals surface area contributed by atoms with Crippen molar-refractivity contribution in [2.75, 3.05) is 25.0 Å². The highest BCUT2D eigenvalue weighted by Crippen LogP contribution is 2.43. The molecule has 1 aromatic heterocycles. The van der Waals surface area contributed by atoms with Crippen LogP contribution in [0.4, 0.5) is 10.5 Å². The number of hydrogen-bond acceptors (Lipinski definition) is 4. The number of rotatable bonds is 4. The van der Waals surface area contributed by atoms with Gasteiger partial charge in [-0.1, -0.05) is 42.0 Å². The third kappa shape index (κ3) is 3.86. The molecular formula is C26H28N2O3. The lowest BCUT2D eigenvalue weighted by molar-refractivity contribution is -0.0376. The molecule has 2 aromatic carbocycles. The summed E-state index contributed by atoms with van der Waals surface area (Å²) in [6.07, 6.45) is 2.24. The van der Waals surface area contributed by atoms with Gasteiger partial charge in [0.25, 0.3) is 0 Å². The van der Waals surface area contributed by atoms with Crippen molar-refractivity contribution in [1.82, 2.24) is 4.90 Å². The van der Waals surface area contributed by atoms with E-state index < -0.39 is 5.60 Å². The van der Waals surface area contributed by atoms with Crippen molar-refractivity contribution in [3.05, 3.63) is 77.0 Å². The van der Waals surface area contributed by atoms with Crippen LogP contribution in [-0.4, -0.2) is 30.6 Å². The summed E-state index contributed by atoms with van der Waals surface area (Å²) in [4.78, 5) is 14.6. The van der Waals surface area contributed by atoms with Crippen molar-refractivity contribution in [2.24, 2.45) is 0 Å². The predicted octanol–water partition coefficient (Wildman–Crippen LogP) is 5.66. The number of likely N-dealkylation sites (tertiary alicyclic amines) is 1. The van der Waals surface area contributed by atoms with Gasteiger partial charge in [0.2, 0.25) is 0 Å². The van der Waals surface area contributed by atoms with Crippen molar-refractivity contribution in [1.29, 1.82) is 0 Å². The minimum absolute atomic E-state index is 0.340. The number of ether oxygens (including phenoxy) is 1. The number of carbonyl (C=O) groups excluding carboxylic acids is 1. The molecule has 2 aliphatic heterocycles. The molecule has 0 radical (unpaired) electrons. The third-order valence-electron chi connectivity index (χ3n) is 6.63. The van der Waals surface area contributed by atoms with E-state index in [1.165, 1.54) is 11.1 Å². The van der Waals surface area contributed by atoms with Crippen LogP contribution in [0.1, 0.15) is 35.3 Å². The minimum atomic E-state index is -0.508. The van der Waals surface area contributed by atoms with Crippen LogP contribution in [0.15, 0.2) is 59.0 Å². The number of nitrogens with one attached hydrogen (secondary N) is 1. The minimum Gasteiger partial charge on any atom is -0.461 e. The largest absolute Gasteiger partial charge is 0.461 e. The molecule has 5 rings (SSSR count). The van der Waals surface area contributed by atoms with Gasteiger partial charge >= 0.3 is 6.09 Å². The van der Waals surface area contributed by atoms with Gasteiger partial charge in [0.15, 0.2) is 0 Å². The molecule has 0 atom stereocenters. The molecule has 1 amide bonds. The smallest absolute Gasteiger partial charge is 0.412 e. The van der Waals surface area contributed by atoms with Gasteiger partial charge in [-0.15, -0.1) is 0 Å². The zero-order valence-corrected chi connectivity index (χ0v) is 18.1. The summed E-state index contributed by atoms with van der Waals surface area (Å²) in [5.74, 6) is 1.92. The van der Waals surface area contributed by atoms with Crippen LogP contribution in [0.3, 0.4) is 0 Å². The first-order valence-electron chi connectivity index (χ1n) is 11.0. The summed E-state index contributed by atoms with van der Waals surface area (Å²) < 4.78 is 11.9. The quantitative estimate of drug-likeness (QED) is 0.596. The number of aryl methyl sites for hydroxylation is 2. The van der Waals surface area contributed by atoms with Crippen LogP contribution in [-0.2, 0) is 16.8 Å². The second-order valence-electron chi connectivity index (χ2n) is 8.71. The maximum Gasteiger partial charge on any atom is 0.412 e. The molecule has 1 saturated heterocycles. The van der Waals surface area contributed by atoms with E-state index in [2.05, 4.69) is 41.4 Å². The maximum atomic E-state index is 12.2. The van der Waals surface area contributed by atoms with E-state index in [9.17, 15) is 4.79 Å². The summed E-state index contributed by atoms with van der Waals surface area (Å²) in [5, 5.41) is 2.85. The Labute approximate surface area is 183 Å². The molecule has 31 heavy (non-hydrogen) atoms. The molecule has 3 aromatic rings.